The number of amides is 1. The van der Waals surface area contributed by atoms with Gasteiger partial charge in [0.2, 0.25) is 5.91 Å². The van der Waals surface area contributed by atoms with Crippen LogP contribution in [0, 0.1) is 0 Å². The van der Waals surface area contributed by atoms with E-state index in [9.17, 15) is 13.2 Å². The van der Waals surface area contributed by atoms with E-state index in [1.165, 1.54) is 12.1 Å². The molecule has 0 atom stereocenters. The van der Waals surface area contributed by atoms with E-state index in [-0.39, 0.29) is 11.3 Å². The second kappa shape index (κ2) is 7.97. The van der Waals surface area contributed by atoms with Crippen LogP contribution in [0.2, 0.25) is 0 Å². The standard InChI is InChI=1S/C18H21NO4S/c1-3-8-18(20)19(15-11-13-16(14-12-15)23-4-2)24(21,22)17-9-6-5-7-10-17/h5-7,9-14H,3-4,8H2,1-2H3. The molecule has 5 nitrogen and oxygen atoms in total. The molecule has 2 rings (SSSR count). The van der Waals surface area contributed by atoms with Crippen LogP contribution >= 0.6 is 0 Å². The maximum absolute atomic E-state index is 12.9. The van der Waals surface area contributed by atoms with Crippen LogP contribution in [0.4, 0.5) is 5.69 Å². The lowest BCUT2D eigenvalue weighted by atomic mass is 10.2. The summed E-state index contributed by atoms with van der Waals surface area (Å²) < 4.78 is 32.1. The molecule has 0 fully saturated rings. The summed E-state index contributed by atoms with van der Waals surface area (Å²) >= 11 is 0. The summed E-state index contributed by atoms with van der Waals surface area (Å²) in [7, 11) is -3.96. The van der Waals surface area contributed by atoms with Gasteiger partial charge in [-0.15, -0.1) is 0 Å². The van der Waals surface area contributed by atoms with Crippen LogP contribution in [0.5, 0.6) is 5.75 Å². The summed E-state index contributed by atoms with van der Waals surface area (Å²) in [5.41, 5.74) is 0.306. The minimum Gasteiger partial charge on any atom is -0.494 e. The van der Waals surface area contributed by atoms with Gasteiger partial charge >= 0.3 is 0 Å². The Labute approximate surface area is 142 Å². The fraction of sp³-hybridized carbons (Fsp3) is 0.278. The molecule has 0 aliphatic heterocycles. The summed E-state index contributed by atoms with van der Waals surface area (Å²) in [5, 5.41) is 0. The zero-order valence-electron chi connectivity index (χ0n) is 13.8. The summed E-state index contributed by atoms with van der Waals surface area (Å²) in [6, 6.07) is 14.4. The van der Waals surface area contributed by atoms with Gasteiger partial charge in [0.1, 0.15) is 5.75 Å². The van der Waals surface area contributed by atoms with E-state index in [4.69, 9.17) is 4.74 Å². The predicted octanol–water partition coefficient (Wildman–Crippen LogP) is 3.61. The predicted molar refractivity (Wildman–Crippen MR) is 93.6 cm³/mol. The van der Waals surface area contributed by atoms with Crippen molar-refractivity contribution in [2.45, 2.75) is 31.6 Å². The number of hydrogen-bond donors (Lipinski definition) is 0. The molecule has 0 saturated carbocycles. The molecule has 0 spiro atoms. The van der Waals surface area contributed by atoms with Crippen molar-refractivity contribution in [1.82, 2.24) is 0 Å². The van der Waals surface area contributed by atoms with Crippen molar-refractivity contribution in [2.75, 3.05) is 10.9 Å². The van der Waals surface area contributed by atoms with Gasteiger partial charge in [0, 0.05) is 6.42 Å². The third-order valence-electron chi connectivity index (χ3n) is 3.35. The summed E-state index contributed by atoms with van der Waals surface area (Å²) in [6.45, 7) is 4.22. The molecule has 0 radical (unpaired) electrons. The van der Waals surface area contributed by atoms with Gasteiger partial charge in [-0.25, -0.2) is 12.7 Å². The zero-order valence-corrected chi connectivity index (χ0v) is 14.6. The van der Waals surface area contributed by atoms with Crippen LogP contribution in [0.1, 0.15) is 26.7 Å². The minimum atomic E-state index is -3.96. The highest BCUT2D eigenvalue weighted by Crippen LogP contribution is 2.27. The lowest BCUT2D eigenvalue weighted by Gasteiger charge is -2.22. The van der Waals surface area contributed by atoms with Crippen LogP contribution in [-0.2, 0) is 14.8 Å². The van der Waals surface area contributed by atoms with E-state index in [1.54, 1.807) is 42.5 Å². The number of carbonyl (C=O) groups is 1. The van der Waals surface area contributed by atoms with Gasteiger partial charge in [-0.3, -0.25) is 4.79 Å². The Kier molecular flexibility index (Phi) is 5.98. The van der Waals surface area contributed by atoms with Crippen molar-refractivity contribution >= 4 is 21.6 Å². The first-order chi connectivity index (χ1) is 11.5. The molecule has 0 saturated heterocycles. The lowest BCUT2D eigenvalue weighted by molar-refractivity contribution is -0.117. The Balaban J connectivity index is 2.47. The van der Waals surface area contributed by atoms with Gasteiger partial charge in [-0.2, -0.15) is 0 Å². The summed E-state index contributed by atoms with van der Waals surface area (Å²) in [4.78, 5) is 12.6. The van der Waals surface area contributed by atoms with Gasteiger partial charge < -0.3 is 4.74 Å². The molecule has 128 valence electrons. The highest BCUT2D eigenvalue weighted by Gasteiger charge is 2.30. The molecule has 0 aliphatic rings. The first-order valence-corrected chi connectivity index (χ1v) is 9.30. The van der Waals surface area contributed by atoms with Crippen molar-refractivity contribution in [3.63, 3.8) is 0 Å². The Morgan fingerprint density at radius 3 is 2.17 bits per heavy atom. The van der Waals surface area contributed by atoms with Crippen molar-refractivity contribution in [1.29, 1.82) is 0 Å². The van der Waals surface area contributed by atoms with Crippen molar-refractivity contribution in [3.05, 3.63) is 54.6 Å². The average Bonchev–Trinajstić information content (AvgIpc) is 2.58. The van der Waals surface area contributed by atoms with Gasteiger partial charge in [-0.05, 0) is 49.7 Å². The van der Waals surface area contributed by atoms with E-state index in [2.05, 4.69) is 0 Å². The topological polar surface area (TPSA) is 63.7 Å². The van der Waals surface area contributed by atoms with Crippen LogP contribution in [0.3, 0.4) is 0 Å². The average molecular weight is 347 g/mol. The normalized spacial score (nSPS) is 11.1. The minimum absolute atomic E-state index is 0.0864. The Morgan fingerprint density at radius 2 is 1.62 bits per heavy atom. The van der Waals surface area contributed by atoms with E-state index in [0.717, 1.165) is 4.31 Å². The Hall–Kier alpha value is -2.34. The van der Waals surface area contributed by atoms with E-state index in [0.29, 0.717) is 24.5 Å². The number of rotatable bonds is 7. The largest absolute Gasteiger partial charge is 0.494 e. The fourth-order valence-corrected chi connectivity index (χ4v) is 3.75. The van der Waals surface area contributed by atoms with Crippen LogP contribution in [0.25, 0.3) is 0 Å². The Morgan fingerprint density at radius 1 is 1.00 bits per heavy atom. The zero-order chi connectivity index (χ0) is 17.6. The quantitative estimate of drug-likeness (QED) is 0.767. The molecular weight excluding hydrogens is 326 g/mol. The number of hydrogen-bond acceptors (Lipinski definition) is 4. The second-order valence-electron chi connectivity index (χ2n) is 5.15. The van der Waals surface area contributed by atoms with E-state index < -0.39 is 15.9 Å². The molecule has 0 unspecified atom stereocenters. The Bertz CT molecular complexity index is 770. The molecular formula is C18H21NO4S. The van der Waals surface area contributed by atoms with Gasteiger partial charge in [0.15, 0.2) is 0 Å². The molecule has 0 aromatic heterocycles. The number of ether oxygens (including phenoxy) is 1. The third kappa shape index (κ3) is 3.94. The fourth-order valence-electron chi connectivity index (χ4n) is 2.27. The van der Waals surface area contributed by atoms with Gasteiger partial charge in [0.05, 0.1) is 17.2 Å². The smallest absolute Gasteiger partial charge is 0.270 e. The van der Waals surface area contributed by atoms with E-state index >= 15 is 0 Å². The van der Waals surface area contributed by atoms with Crippen LogP contribution in [0.15, 0.2) is 59.5 Å². The molecule has 0 N–H and O–H groups in total. The molecule has 0 aliphatic carbocycles. The number of anilines is 1. The number of nitrogens with zero attached hydrogens (tertiary/aromatic N) is 1. The van der Waals surface area contributed by atoms with Gasteiger partial charge in [-0.1, -0.05) is 25.1 Å². The monoisotopic (exact) mass is 347 g/mol. The molecule has 1 amide bonds. The van der Waals surface area contributed by atoms with Gasteiger partial charge in [0.25, 0.3) is 10.0 Å². The maximum atomic E-state index is 12.9. The summed E-state index contributed by atoms with van der Waals surface area (Å²) in [6.07, 6.45) is 0.718. The number of sulfonamides is 1. The first kappa shape index (κ1) is 18.0. The molecule has 2 aromatic carbocycles. The van der Waals surface area contributed by atoms with Crippen molar-refractivity contribution in [2.24, 2.45) is 0 Å². The molecule has 2 aromatic rings. The number of carbonyl (C=O) groups excluding carboxylic acids is 1. The maximum Gasteiger partial charge on any atom is 0.270 e. The summed E-state index contributed by atoms with van der Waals surface area (Å²) in [5.74, 6) is 0.173. The van der Waals surface area contributed by atoms with Crippen molar-refractivity contribution in [3.8, 4) is 5.75 Å². The highest BCUT2D eigenvalue weighted by atomic mass is 32.2. The highest BCUT2D eigenvalue weighted by molar-refractivity contribution is 7.93. The molecule has 24 heavy (non-hydrogen) atoms. The lowest BCUT2D eigenvalue weighted by Crippen LogP contribution is -2.36. The van der Waals surface area contributed by atoms with E-state index in [1.807, 2.05) is 13.8 Å². The van der Waals surface area contributed by atoms with Crippen LogP contribution < -0.4 is 9.04 Å². The second-order valence-corrected chi connectivity index (χ2v) is 6.94. The molecule has 6 heteroatoms. The molecule has 0 heterocycles. The van der Waals surface area contributed by atoms with Crippen LogP contribution in [-0.4, -0.2) is 20.9 Å². The number of benzene rings is 2. The van der Waals surface area contributed by atoms with Crippen molar-refractivity contribution < 1.29 is 17.9 Å². The first-order valence-electron chi connectivity index (χ1n) is 7.86. The molecule has 0 bridgehead atoms. The third-order valence-corrected chi connectivity index (χ3v) is 5.12. The SMILES string of the molecule is CCCC(=O)N(c1ccc(OCC)cc1)S(=O)(=O)c1ccccc1.